The van der Waals surface area contributed by atoms with E-state index >= 15 is 0 Å². The lowest BCUT2D eigenvalue weighted by molar-refractivity contribution is 0.597. The molecule has 1 rings (SSSR count). The molecule has 1 aromatic carbocycles. The van der Waals surface area contributed by atoms with Crippen molar-refractivity contribution in [3.63, 3.8) is 0 Å². The molecular weight excluding hydrogens is 179 g/mol. The van der Waals surface area contributed by atoms with Crippen LogP contribution in [-0.2, 0) is 6.54 Å². The van der Waals surface area contributed by atoms with Crippen LogP contribution in [0.3, 0.4) is 0 Å². The van der Waals surface area contributed by atoms with Crippen LogP contribution >= 0.6 is 0 Å². The van der Waals surface area contributed by atoms with Gasteiger partial charge in [-0.3, -0.25) is 0 Å². The lowest BCUT2D eigenvalue weighted by Crippen LogP contribution is -2.14. The first-order valence-electron chi connectivity index (χ1n) is 4.10. The van der Waals surface area contributed by atoms with Gasteiger partial charge in [-0.25, -0.2) is 4.39 Å². The maximum atomic E-state index is 13.1. The highest BCUT2D eigenvalue weighted by Crippen LogP contribution is 2.09. The highest BCUT2D eigenvalue weighted by atomic mass is 19.1. The average molecular weight is 188 g/mol. The van der Waals surface area contributed by atoms with Crippen LogP contribution in [0.4, 0.5) is 4.39 Å². The molecule has 0 aliphatic rings. The Bertz CT molecular complexity index is 399. The molecule has 0 unspecified atom stereocenters. The molecule has 0 radical (unpaired) electrons. The molecule has 0 heterocycles. The SMILES string of the molecule is C#CCNCc1cc(C#N)ccc1F. The Morgan fingerprint density at radius 1 is 1.50 bits per heavy atom. The maximum absolute atomic E-state index is 13.1. The van der Waals surface area contributed by atoms with Crippen molar-refractivity contribution in [1.29, 1.82) is 5.26 Å². The third-order valence-corrected chi connectivity index (χ3v) is 1.72. The van der Waals surface area contributed by atoms with Crippen LogP contribution in [0.1, 0.15) is 11.1 Å². The second-order valence-corrected chi connectivity index (χ2v) is 2.73. The van der Waals surface area contributed by atoms with Crippen molar-refractivity contribution in [2.75, 3.05) is 6.54 Å². The van der Waals surface area contributed by atoms with Gasteiger partial charge in [-0.2, -0.15) is 5.26 Å². The summed E-state index contributed by atoms with van der Waals surface area (Å²) >= 11 is 0. The van der Waals surface area contributed by atoms with Gasteiger partial charge >= 0.3 is 0 Å². The molecule has 0 bridgehead atoms. The summed E-state index contributed by atoms with van der Waals surface area (Å²) in [6, 6.07) is 6.19. The van der Waals surface area contributed by atoms with Crippen LogP contribution in [0.25, 0.3) is 0 Å². The van der Waals surface area contributed by atoms with Crippen molar-refractivity contribution in [2.45, 2.75) is 6.54 Å². The summed E-state index contributed by atoms with van der Waals surface area (Å²) in [6.45, 7) is 0.724. The number of rotatable bonds is 3. The fraction of sp³-hybridized carbons (Fsp3) is 0.182. The Morgan fingerprint density at radius 3 is 2.93 bits per heavy atom. The highest BCUT2D eigenvalue weighted by molar-refractivity contribution is 5.33. The van der Waals surface area contributed by atoms with E-state index in [4.69, 9.17) is 11.7 Å². The van der Waals surface area contributed by atoms with Gasteiger partial charge in [-0.1, -0.05) is 5.92 Å². The lowest BCUT2D eigenvalue weighted by Gasteiger charge is -2.03. The molecule has 0 spiro atoms. The number of nitriles is 1. The van der Waals surface area contributed by atoms with E-state index in [1.54, 1.807) is 0 Å². The molecule has 0 aliphatic carbocycles. The van der Waals surface area contributed by atoms with Crippen LogP contribution in [0.2, 0.25) is 0 Å². The quantitative estimate of drug-likeness (QED) is 0.575. The standard InChI is InChI=1S/C11H9FN2/c1-2-5-14-8-10-6-9(7-13)3-4-11(10)12/h1,3-4,6,14H,5,8H2. The molecular formula is C11H9FN2. The Labute approximate surface area is 82.4 Å². The van der Waals surface area contributed by atoms with Crippen molar-refractivity contribution in [3.8, 4) is 18.4 Å². The Balaban J connectivity index is 2.76. The van der Waals surface area contributed by atoms with Crippen molar-refractivity contribution in [3.05, 3.63) is 35.1 Å². The molecule has 0 aliphatic heterocycles. The van der Waals surface area contributed by atoms with Gasteiger partial charge in [0.05, 0.1) is 18.2 Å². The summed E-state index contributed by atoms with van der Waals surface area (Å²) in [5.41, 5.74) is 0.906. The van der Waals surface area contributed by atoms with Crippen molar-refractivity contribution in [1.82, 2.24) is 5.32 Å². The van der Waals surface area contributed by atoms with Crippen LogP contribution in [0, 0.1) is 29.5 Å². The van der Waals surface area contributed by atoms with E-state index < -0.39 is 0 Å². The van der Waals surface area contributed by atoms with Crippen molar-refractivity contribution in [2.24, 2.45) is 0 Å². The Hall–Kier alpha value is -1.84. The molecule has 3 heteroatoms. The minimum Gasteiger partial charge on any atom is -0.302 e. The van der Waals surface area contributed by atoms with Gasteiger partial charge in [0.15, 0.2) is 0 Å². The van der Waals surface area contributed by atoms with Crippen LogP contribution < -0.4 is 5.32 Å². The largest absolute Gasteiger partial charge is 0.302 e. The van der Waals surface area contributed by atoms with Gasteiger partial charge in [0, 0.05) is 12.1 Å². The molecule has 2 nitrogen and oxygen atoms in total. The van der Waals surface area contributed by atoms with Gasteiger partial charge in [-0.05, 0) is 18.2 Å². The number of hydrogen-bond donors (Lipinski definition) is 1. The van der Waals surface area contributed by atoms with Gasteiger partial charge in [-0.15, -0.1) is 6.42 Å². The fourth-order valence-corrected chi connectivity index (χ4v) is 1.05. The van der Waals surface area contributed by atoms with E-state index in [0.29, 0.717) is 24.2 Å². The average Bonchev–Trinajstić information content (AvgIpc) is 2.21. The zero-order valence-electron chi connectivity index (χ0n) is 7.55. The van der Waals surface area contributed by atoms with Crippen LogP contribution in [-0.4, -0.2) is 6.54 Å². The number of halogens is 1. The number of hydrogen-bond acceptors (Lipinski definition) is 2. The summed E-state index contributed by atoms with van der Waals surface area (Å²) in [7, 11) is 0. The normalized spacial score (nSPS) is 9.07. The van der Waals surface area contributed by atoms with E-state index in [1.165, 1.54) is 18.2 Å². The minimum atomic E-state index is -0.325. The Morgan fingerprint density at radius 2 is 2.29 bits per heavy atom. The number of benzene rings is 1. The molecule has 14 heavy (non-hydrogen) atoms. The predicted molar refractivity (Wildman–Crippen MR) is 51.7 cm³/mol. The number of nitrogens with zero attached hydrogens (tertiary/aromatic N) is 1. The molecule has 1 N–H and O–H groups in total. The van der Waals surface area contributed by atoms with Crippen LogP contribution in [0.5, 0.6) is 0 Å². The summed E-state index contributed by atoms with van der Waals surface area (Å²) in [5, 5.41) is 11.5. The molecule has 70 valence electrons. The van der Waals surface area contributed by atoms with Crippen molar-refractivity contribution >= 4 is 0 Å². The Kier molecular flexibility index (Phi) is 3.67. The van der Waals surface area contributed by atoms with Gasteiger partial charge < -0.3 is 5.32 Å². The summed E-state index contributed by atoms with van der Waals surface area (Å²) < 4.78 is 13.1. The molecule has 1 aromatic rings. The molecule has 0 aromatic heterocycles. The van der Waals surface area contributed by atoms with Crippen LogP contribution in [0.15, 0.2) is 18.2 Å². The summed E-state index contributed by atoms with van der Waals surface area (Å²) in [4.78, 5) is 0. The van der Waals surface area contributed by atoms with Crippen molar-refractivity contribution < 1.29 is 4.39 Å². The van der Waals surface area contributed by atoms with E-state index in [-0.39, 0.29) is 5.82 Å². The predicted octanol–water partition coefficient (Wildman–Crippen LogP) is 1.42. The first-order valence-corrected chi connectivity index (χ1v) is 4.10. The second-order valence-electron chi connectivity index (χ2n) is 2.73. The zero-order chi connectivity index (χ0) is 10.4. The fourth-order valence-electron chi connectivity index (χ4n) is 1.05. The topological polar surface area (TPSA) is 35.8 Å². The first kappa shape index (κ1) is 10.2. The van der Waals surface area contributed by atoms with Gasteiger partial charge in [0.1, 0.15) is 5.82 Å². The second kappa shape index (κ2) is 5.01. The van der Waals surface area contributed by atoms with E-state index in [2.05, 4.69) is 11.2 Å². The van der Waals surface area contributed by atoms with E-state index in [0.717, 1.165) is 0 Å². The first-order chi connectivity index (χ1) is 6.77. The highest BCUT2D eigenvalue weighted by Gasteiger charge is 2.02. The molecule has 0 fully saturated rings. The minimum absolute atomic E-state index is 0.325. The monoisotopic (exact) mass is 188 g/mol. The van der Waals surface area contributed by atoms with Gasteiger partial charge in [0.25, 0.3) is 0 Å². The van der Waals surface area contributed by atoms with E-state index in [9.17, 15) is 4.39 Å². The maximum Gasteiger partial charge on any atom is 0.127 e. The number of nitrogens with one attached hydrogen (secondary N) is 1. The summed E-state index contributed by atoms with van der Waals surface area (Å²) in [5.74, 6) is 2.06. The third-order valence-electron chi connectivity index (χ3n) is 1.72. The molecule has 0 atom stereocenters. The number of terminal acetylenes is 1. The van der Waals surface area contributed by atoms with Gasteiger partial charge in [0.2, 0.25) is 0 Å². The van der Waals surface area contributed by atoms with E-state index in [1.807, 2.05) is 6.07 Å². The molecule has 0 saturated heterocycles. The summed E-state index contributed by atoms with van der Waals surface area (Å²) in [6.07, 6.45) is 5.03. The lowest BCUT2D eigenvalue weighted by atomic mass is 10.1. The third kappa shape index (κ3) is 2.58. The smallest absolute Gasteiger partial charge is 0.127 e. The molecule has 0 saturated carbocycles. The zero-order valence-corrected chi connectivity index (χ0v) is 7.55. The molecule has 0 amide bonds.